The number of amides is 4. The summed E-state index contributed by atoms with van der Waals surface area (Å²) in [5.74, 6) is -2.41. The van der Waals surface area contributed by atoms with Crippen LogP contribution in [0.3, 0.4) is 0 Å². The second kappa shape index (κ2) is 13.5. The normalized spacial score (nSPS) is 16.7. The third kappa shape index (κ3) is 9.05. The van der Waals surface area contributed by atoms with Crippen molar-refractivity contribution in [3.05, 3.63) is 57.6 Å². The van der Waals surface area contributed by atoms with Crippen LogP contribution < -0.4 is 16.2 Å². The van der Waals surface area contributed by atoms with Crippen LogP contribution in [0.15, 0.2) is 24.3 Å². The van der Waals surface area contributed by atoms with Crippen molar-refractivity contribution in [1.29, 1.82) is 0 Å². The van der Waals surface area contributed by atoms with Gasteiger partial charge in [-0.3, -0.25) is 30.0 Å². The van der Waals surface area contributed by atoms with Crippen LogP contribution in [0.5, 0.6) is 11.5 Å². The summed E-state index contributed by atoms with van der Waals surface area (Å²) < 4.78 is 0. The molecule has 10 heteroatoms. The maximum atomic E-state index is 14.4. The first kappa shape index (κ1) is 41.3. The van der Waals surface area contributed by atoms with Crippen molar-refractivity contribution in [2.24, 2.45) is 0 Å². The van der Waals surface area contributed by atoms with Crippen LogP contribution >= 0.6 is 0 Å². The Kier molecular flexibility index (Phi) is 10.9. The van der Waals surface area contributed by atoms with E-state index in [4.69, 9.17) is 0 Å². The van der Waals surface area contributed by atoms with Crippen LogP contribution in [0, 0.1) is 0 Å². The van der Waals surface area contributed by atoms with Crippen LogP contribution in [-0.2, 0) is 31.2 Å². The number of hydrazine groups is 1. The third-order valence-corrected chi connectivity index (χ3v) is 9.70. The standard InChI is InChI=1S/C41H62N4O6/c1-36(2,3)26-17-23(18-27(30(26)46)37(4,5)6)32(48)43-44-34(50)33(49)42-25-21-40(13,14)45(41(15,16)22-25)35(51)24-19-28(38(7,8)9)31(47)29(20-24)39(10,11)12/h17-20,25,46-47H,21-22H2,1-16H3,(H,42,49)(H,43,48)(H,44,50). The minimum absolute atomic E-state index is 0.126. The largest absolute Gasteiger partial charge is 0.507 e. The van der Waals surface area contributed by atoms with Crippen LogP contribution in [0.2, 0.25) is 0 Å². The van der Waals surface area contributed by atoms with Crippen molar-refractivity contribution in [2.45, 2.75) is 162 Å². The lowest BCUT2D eigenvalue weighted by Gasteiger charge is -2.55. The molecule has 1 fully saturated rings. The Bertz CT molecular complexity index is 1620. The fraction of sp³-hybridized carbons (Fsp3) is 0.610. The molecule has 5 N–H and O–H groups in total. The van der Waals surface area contributed by atoms with Gasteiger partial charge < -0.3 is 20.4 Å². The number of carbonyl (C=O) groups is 4. The summed E-state index contributed by atoms with van der Waals surface area (Å²) in [4.78, 5) is 55.5. The predicted octanol–water partition coefficient (Wildman–Crippen LogP) is 7.03. The van der Waals surface area contributed by atoms with E-state index in [1.54, 1.807) is 24.3 Å². The van der Waals surface area contributed by atoms with E-state index in [0.717, 1.165) is 0 Å². The van der Waals surface area contributed by atoms with Crippen molar-refractivity contribution in [1.82, 2.24) is 21.1 Å². The van der Waals surface area contributed by atoms with Gasteiger partial charge in [0.2, 0.25) is 0 Å². The second-order valence-electron chi connectivity index (χ2n) is 19.6. The molecular weight excluding hydrogens is 644 g/mol. The Balaban J connectivity index is 1.80. The lowest BCUT2D eigenvalue weighted by Crippen LogP contribution is -2.66. The van der Waals surface area contributed by atoms with Gasteiger partial charge in [-0.15, -0.1) is 0 Å². The average molecular weight is 707 g/mol. The van der Waals surface area contributed by atoms with E-state index >= 15 is 0 Å². The summed E-state index contributed by atoms with van der Waals surface area (Å²) in [6.07, 6.45) is 0.755. The molecule has 2 aromatic rings. The molecule has 1 saturated heterocycles. The smallest absolute Gasteiger partial charge is 0.327 e. The van der Waals surface area contributed by atoms with Gasteiger partial charge in [0.1, 0.15) is 11.5 Å². The van der Waals surface area contributed by atoms with Gasteiger partial charge in [-0.25, -0.2) is 0 Å². The highest BCUT2D eigenvalue weighted by atomic mass is 16.3. The highest BCUT2D eigenvalue weighted by molar-refractivity contribution is 6.35. The maximum absolute atomic E-state index is 14.4. The first-order chi connectivity index (χ1) is 22.8. The van der Waals surface area contributed by atoms with Crippen molar-refractivity contribution in [3.8, 4) is 11.5 Å². The van der Waals surface area contributed by atoms with Crippen molar-refractivity contribution in [3.63, 3.8) is 0 Å². The number of carbonyl (C=O) groups excluding carboxylic acids is 4. The fourth-order valence-electron chi connectivity index (χ4n) is 7.36. The van der Waals surface area contributed by atoms with Gasteiger partial charge in [0, 0.05) is 50.5 Å². The second-order valence-corrected chi connectivity index (χ2v) is 19.6. The molecule has 2 aromatic carbocycles. The zero-order valence-corrected chi connectivity index (χ0v) is 33.8. The lowest BCUT2D eigenvalue weighted by molar-refractivity contribution is -0.140. The van der Waals surface area contributed by atoms with Crippen LogP contribution in [0.4, 0.5) is 0 Å². The summed E-state index contributed by atoms with van der Waals surface area (Å²) >= 11 is 0. The van der Waals surface area contributed by atoms with Gasteiger partial charge in [0.15, 0.2) is 0 Å². The number of nitrogens with zero attached hydrogens (tertiary/aromatic N) is 1. The zero-order valence-electron chi connectivity index (χ0n) is 33.8. The van der Waals surface area contributed by atoms with E-state index in [1.807, 2.05) is 116 Å². The number of nitrogens with one attached hydrogen (secondary N) is 3. The highest BCUT2D eigenvalue weighted by Crippen LogP contribution is 2.44. The minimum atomic E-state index is -1.03. The molecule has 0 radical (unpaired) electrons. The SMILES string of the molecule is CC(C)(C)c1cc(C(=O)NNC(=O)C(=O)NC2CC(C)(C)N(C(=O)c3cc(C(C)(C)C)c(O)c(C(C)(C)C)c3)C(C)(C)C2)cc(C(C)(C)C)c1O. The van der Waals surface area contributed by atoms with Crippen molar-refractivity contribution in [2.75, 3.05) is 0 Å². The number of benzene rings is 2. The van der Waals surface area contributed by atoms with E-state index in [0.29, 0.717) is 40.7 Å². The summed E-state index contributed by atoms with van der Waals surface area (Å²) in [5.41, 5.74) is 4.71. The van der Waals surface area contributed by atoms with Gasteiger partial charge in [-0.1, -0.05) is 83.1 Å². The Labute approximate surface area is 305 Å². The molecule has 0 spiro atoms. The van der Waals surface area contributed by atoms with E-state index in [1.165, 1.54) is 0 Å². The van der Waals surface area contributed by atoms with Crippen LogP contribution in [0.1, 0.15) is 167 Å². The van der Waals surface area contributed by atoms with E-state index in [-0.39, 0.29) is 23.0 Å². The zero-order chi connectivity index (χ0) is 39.4. The number of hydrogen-bond donors (Lipinski definition) is 5. The molecule has 0 atom stereocenters. The molecule has 0 aromatic heterocycles. The molecule has 0 unspecified atom stereocenters. The summed E-state index contributed by atoms with van der Waals surface area (Å²) in [7, 11) is 0. The topological polar surface area (TPSA) is 148 Å². The Hall–Kier alpha value is -4.08. The number of phenols is 2. The summed E-state index contributed by atoms with van der Waals surface area (Å²) in [6.45, 7) is 31.4. The quantitative estimate of drug-likeness (QED) is 0.171. The summed E-state index contributed by atoms with van der Waals surface area (Å²) in [5, 5.41) is 25.0. The average Bonchev–Trinajstić information content (AvgIpc) is 2.91. The van der Waals surface area contributed by atoms with Gasteiger partial charge in [0.05, 0.1) is 0 Å². The first-order valence-corrected chi connectivity index (χ1v) is 17.8. The van der Waals surface area contributed by atoms with Gasteiger partial charge >= 0.3 is 11.8 Å². The molecule has 10 nitrogen and oxygen atoms in total. The Morgan fingerprint density at radius 2 is 0.922 bits per heavy atom. The van der Waals surface area contributed by atoms with Crippen LogP contribution in [-0.4, -0.2) is 55.9 Å². The van der Waals surface area contributed by atoms with Gasteiger partial charge in [-0.05, 0) is 86.5 Å². The number of aromatic hydroxyl groups is 2. The van der Waals surface area contributed by atoms with Crippen molar-refractivity contribution < 1.29 is 29.4 Å². The van der Waals surface area contributed by atoms with Gasteiger partial charge in [0.25, 0.3) is 11.8 Å². The monoisotopic (exact) mass is 706 g/mol. The summed E-state index contributed by atoms with van der Waals surface area (Å²) in [6, 6.07) is 6.33. The fourth-order valence-corrected chi connectivity index (χ4v) is 7.36. The predicted molar refractivity (Wildman–Crippen MR) is 202 cm³/mol. The van der Waals surface area contributed by atoms with Crippen molar-refractivity contribution >= 4 is 23.6 Å². The van der Waals surface area contributed by atoms with Gasteiger partial charge in [-0.2, -0.15) is 0 Å². The Morgan fingerprint density at radius 1 is 0.588 bits per heavy atom. The molecule has 1 aliphatic rings. The van der Waals surface area contributed by atoms with Crippen LogP contribution in [0.25, 0.3) is 0 Å². The molecule has 3 rings (SSSR count). The number of phenolic OH excluding ortho intramolecular Hbond substituents is 2. The molecule has 51 heavy (non-hydrogen) atoms. The molecule has 1 aliphatic heterocycles. The lowest BCUT2D eigenvalue weighted by atomic mass is 9.75. The highest BCUT2D eigenvalue weighted by Gasteiger charge is 2.49. The molecule has 282 valence electrons. The van der Waals surface area contributed by atoms with E-state index in [2.05, 4.69) is 16.2 Å². The number of hydrogen-bond acceptors (Lipinski definition) is 6. The molecule has 0 saturated carbocycles. The molecule has 4 amide bonds. The Morgan fingerprint density at radius 3 is 1.25 bits per heavy atom. The number of piperidine rings is 1. The third-order valence-electron chi connectivity index (χ3n) is 9.70. The molecule has 0 aliphatic carbocycles. The number of rotatable bonds is 3. The minimum Gasteiger partial charge on any atom is -0.507 e. The number of likely N-dealkylation sites (tertiary alicyclic amines) is 1. The van der Waals surface area contributed by atoms with E-state index < -0.39 is 56.5 Å². The molecule has 0 bridgehead atoms. The maximum Gasteiger partial charge on any atom is 0.327 e. The molecule has 1 heterocycles. The first-order valence-electron chi connectivity index (χ1n) is 17.8. The molecular formula is C41H62N4O6. The van der Waals surface area contributed by atoms with E-state index in [9.17, 15) is 29.4 Å².